The Morgan fingerprint density at radius 2 is 1.82 bits per heavy atom. The molecular weight excluding hydrogens is 378 g/mol. The van der Waals surface area contributed by atoms with E-state index < -0.39 is 10.0 Å². The van der Waals surface area contributed by atoms with Gasteiger partial charge in [-0.05, 0) is 30.3 Å². The molecule has 0 saturated heterocycles. The molecule has 0 spiro atoms. The summed E-state index contributed by atoms with van der Waals surface area (Å²) in [7, 11) is 4.97. The molecule has 2 N–H and O–H groups in total. The Morgan fingerprint density at radius 1 is 1.14 bits per heavy atom. The van der Waals surface area contributed by atoms with Gasteiger partial charge in [-0.1, -0.05) is 18.2 Å². The number of likely N-dealkylation sites (N-methyl/N-ethyl adjacent to an activating group) is 1. The quantitative estimate of drug-likeness (QED) is 0.671. The number of nitrogens with zero attached hydrogens (tertiary/aromatic N) is 1. The molecule has 0 aliphatic rings. The first-order valence-corrected chi connectivity index (χ1v) is 10.4. The van der Waals surface area contributed by atoms with Crippen molar-refractivity contribution in [2.45, 2.75) is 10.9 Å². The van der Waals surface area contributed by atoms with Crippen LogP contribution in [0.2, 0.25) is 0 Å². The minimum absolute atomic E-state index is 0.0211. The average molecular weight is 407 g/mol. The average Bonchev–Trinajstić information content (AvgIpc) is 2.67. The number of hydrogen-bond donors (Lipinski definition) is 2. The number of hydrogen-bond acceptors (Lipinski definition) is 4. The van der Waals surface area contributed by atoms with Gasteiger partial charge in [0.2, 0.25) is 10.0 Å². The van der Waals surface area contributed by atoms with Gasteiger partial charge in [0.1, 0.15) is 11.8 Å². The number of methoxy groups -OCH3 is 1. The third kappa shape index (κ3) is 5.09. The minimum Gasteiger partial charge on any atom is -0.497 e. The number of carbonyl (C=O) groups is 1. The van der Waals surface area contributed by atoms with E-state index in [0.717, 1.165) is 20.5 Å². The van der Waals surface area contributed by atoms with Crippen molar-refractivity contribution >= 4 is 15.9 Å². The highest BCUT2D eigenvalue weighted by molar-refractivity contribution is 7.89. The topological polar surface area (TPSA) is 80.1 Å². The summed E-state index contributed by atoms with van der Waals surface area (Å²) in [5.74, 6) is 0.446. The van der Waals surface area contributed by atoms with Crippen molar-refractivity contribution in [3.05, 3.63) is 59.7 Å². The SMILES string of the molecule is COc1cccc([C@@H](CNC(=O)c2cccc(S(=O)(=O)N(C)C)c2)[NH+](C)C)c1. The van der Waals surface area contributed by atoms with Gasteiger partial charge in [-0.2, -0.15) is 0 Å². The van der Waals surface area contributed by atoms with Crippen LogP contribution in [0.15, 0.2) is 53.4 Å². The van der Waals surface area contributed by atoms with E-state index in [1.807, 2.05) is 38.4 Å². The number of carbonyl (C=O) groups excluding carboxylic acids is 1. The van der Waals surface area contributed by atoms with Gasteiger partial charge in [-0.15, -0.1) is 0 Å². The molecule has 2 aromatic rings. The molecule has 2 aromatic carbocycles. The lowest BCUT2D eigenvalue weighted by atomic mass is 10.1. The molecule has 152 valence electrons. The van der Waals surface area contributed by atoms with Crippen molar-refractivity contribution in [1.82, 2.24) is 9.62 Å². The van der Waals surface area contributed by atoms with E-state index in [-0.39, 0.29) is 16.8 Å². The molecule has 0 aromatic heterocycles. The van der Waals surface area contributed by atoms with Crippen LogP contribution in [0.5, 0.6) is 5.75 Å². The van der Waals surface area contributed by atoms with Crippen LogP contribution in [0, 0.1) is 0 Å². The van der Waals surface area contributed by atoms with Gasteiger partial charge >= 0.3 is 0 Å². The maximum Gasteiger partial charge on any atom is 0.251 e. The van der Waals surface area contributed by atoms with E-state index >= 15 is 0 Å². The molecule has 0 heterocycles. The van der Waals surface area contributed by atoms with Crippen molar-refractivity contribution in [2.24, 2.45) is 0 Å². The van der Waals surface area contributed by atoms with Crippen molar-refractivity contribution in [1.29, 1.82) is 0 Å². The summed E-state index contributed by atoms with van der Waals surface area (Å²) in [6.45, 7) is 0.402. The van der Waals surface area contributed by atoms with Gasteiger partial charge in [0.05, 0.1) is 32.6 Å². The number of ether oxygens (including phenoxy) is 1. The molecule has 7 nitrogen and oxygen atoms in total. The molecular formula is C20H28N3O4S+. The second kappa shape index (κ2) is 9.18. The fourth-order valence-corrected chi connectivity index (χ4v) is 3.77. The van der Waals surface area contributed by atoms with Crippen LogP contribution in [-0.2, 0) is 10.0 Å². The highest BCUT2D eigenvalue weighted by Crippen LogP contribution is 2.18. The predicted molar refractivity (Wildman–Crippen MR) is 108 cm³/mol. The van der Waals surface area contributed by atoms with Crippen LogP contribution in [0.3, 0.4) is 0 Å². The zero-order valence-electron chi connectivity index (χ0n) is 16.9. The maximum atomic E-state index is 12.6. The van der Waals surface area contributed by atoms with Gasteiger partial charge in [0.15, 0.2) is 0 Å². The van der Waals surface area contributed by atoms with Gasteiger partial charge in [-0.25, -0.2) is 12.7 Å². The highest BCUT2D eigenvalue weighted by atomic mass is 32.2. The fourth-order valence-electron chi connectivity index (χ4n) is 2.82. The molecule has 0 radical (unpaired) electrons. The standard InChI is InChI=1S/C20H27N3O4S/c1-22(2)19(15-8-6-10-17(12-15)27-5)14-21-20(24)16-9-7-11-18(13-16)28(25,26)23(3)4/h6-13,19H,14H2,1-5H3,(H,21,24)/p+1/t19-/m1/s1. The number of sulfonamides is 1. The van der Waals surface area contributed by atoms with Gasteiger partial charge in [-0.3, -0.25) is 4.79 Å². The largest absolute Gasteiger partial charge is 0.497 e. The van der Waals surface area contributed by atoms with Gasteiger partial charge in [0.25, 0.3) is 5.91 Å². The summed E-state index contributed by atoms with van der Waals surface area (Å²) in [6, 6.07) is 13.8. The summed E-state index contributed by atoms with van der Waals surface area (Å²) in [5, 5.41) is 2.92. The zero-order chi connectivity index (χ0) is 20.9. The minimum atomic E-state index is -3.59. The second-order valence-corrected chi connectivity index (χ2v) is 9.08. The Labute approximate surface area is 167 Å². The Hall–Kier alpha value is -2.42. The summed E-state index contributed by atoms with van der Waals surface area (Å²) in [5.41, 5.74) is 1.35. The fraction of sp³-hybridized carbons (Fsp3) is 0.350. The molecule has 0 fully saturated rings. The van der Waals surface area contributed by atoms with E-state index in [9.17, 15) is 13.2 Å². The molecule has 2 rings (SSSR count). The zero-order valence-corrected chi connectivity index (χ0v) is 17.7. The normalized spacial score (nSPS) is 12.8. The summed E-state index contributed by atoms with van der Waals surface area (Å²) >= 11 is 0. The van der Waals surface area contributed by atoms with Gasteiger partial charge in [0, 0.05) is 25.2 Å². The molecule has 1 atom stereocenters. The van der Waals surface area contributed by atoms with Crippen molar-refractivity contribution in [3.63, 3.8) is 0 Å². The van der Waals surface area contributed by atoms with Crippen LogP contribution in [0.4, 0.5) is 0 Å². The lowest BCUT2D eigenvalue weighted by Gasteiger charge is -2.22. The van der Waals surface area contributed by atoms with Crippen LogP contribution in [0.25, 0.3) is 0 Å². The molecule has 0 unspecified atom stereocenters. The summed E-state index contributed by atoms with van der Waals surface area (Å²) in [4.78, 5) is 13.9. The van der Waals surface area contributed by atoms with Crippen LogP contribution in [-0.4, -0.2) is 60.5 Å². The molecule has 0 aliphatic heterocycles. The van der Waals surface area contributed by atoms with E-state index in [1.165, 1.54) is 26.2 Å². The molecule has 8 heteroatoms. The Bertz CT molecular complexity index is 927. The lowest BCUT2D eigenvalue weighted by Crippen LogP contribution is -3.07. The van der Waals surface area contributed by atoms with E-state index in [1.54, 1.807) is 19.2 Å². The number of benzene rings is 2. The van der Waals surface area contributed by atoms with Crippen LogP contribution in [0.1, 0.15) is 22.0 Å². The maximum absolute atomic E-state index is 12.6. The van der Waals surface area contributed by atoms with Crippen molar-refractivity contribution in [2.75, 3.05) is 41.8 Å². The van der Waals surface area contributed by atoms with Crippen LogP contribution >= 0.6 is 0 Å². The van der Waals surface area contributed by atoms with Crippen LogP contribution < -0.4 is 15.0 Å². The smallest absolute Gasteiger partial charge is 0.251 e. The Morgan fingerprint density at radius 3 is 2.43 bits per heavy atom. The first-order valence-electron chi connectivity index (χ1n) is 8.91. The third-order valence-corrected chi connectivity index (χ3v) is 6.35. The van der Waals surface area contributed by atoms with Crippen molar-refractivity contribution < 1.29 is 22.8 Å². The monoisotopic (exact) mass is 406 g/mol. The Balaban J connectivity index is 2.17. The van der Waals surface area contributed by atoms with Crippen molar-refractivity contribution in [3.8, 4) is 5.75 Å². The first-order chi connectivity index (χ1) is 13.2. The Kier molecular flexibility index (Phi) is 7.17. The number of rotatable bonds is 8. The van der Waals surface area contributed by atoms with E-state index in [0.29, 0.717) is 12.1 Å². The summed E-state index contributed by atoms with van der Waals surface area (Å²) in [6.07, 6.45) is 0. The second-order valence-electron chi connectivity index (χ2n) is 6.93. The molecule has 1 amide bonds. The predicted octanol–water partition coefficient (Wildman–Crippen LogP) is 0.561. The number of amides is 1. The highest BCUT2D eigenvalue weighted by Gasteiger charge is 2.21. The third-order valence-electron chi connectivity index (χ3n) is 4.53. The number of quaternary nitrogens is 1. The summed E-state index contributed by atoms with van der Waals surface area (Å²) < 4.78 is 31.0. The van der Waals surface area contributed by atoms with Gasteiger partial charge < -0.3 is 15.0 Å². The molecule has 0 aliphatic carbocycles. The molecule has 0 bridgehead atoms. The first kappa shape index (κ1) is 21.9. The molecule has 28 heavy (non-hydrogen) atoms. The van der Waals surface area contributed by atoms with E-state index in [2.05, 4.69) is 5.32 Å². The molecule has 0 saturated carbocycles. The van der Waals surface area contributed by atoms with E-state index in [4.69, 9.17) is 4.74 Å². The number of nitrogens with one attached hydrogen (secondary N) is 2. The lowest BCUT2D eigenvalue weighted by molar-refractivity contribution is -0.890.